The molecule has 4 rings (SSSR count). The minimum absolute atomic E-state index is 0.0509. The molecule has 1 fully saturated rings. The Balaban J connectivity index is 1.71. The summed E-state index contributed by atoms with van der Waals surface area (Å²) in [5, 5.41) is 3.19. The lowest BCUT2D eigenvalue weighted by molar-refractivity contribution is -0.140. The molecule has 236 valence electrons. The Kier molecular flexibility index (Phi) is 11.9. The standard InChI is InChI=1S/C34H42BrN3O5S/c1-4-32(34(40)36-28-13-7-6-8-14-28)37(23-26-12-10-9-11-25(26)3)33(39)24-38(29-17-19-30(20-18-29)43-5-2)44(41,42)31-21-15-27(35)16-22-31/h9-12,15-22,28,32H,4-8,13-14,23-24H2,1-3H3,(H,36,40)/t32-/m1/s1. The first-order valence-electron chi connectivity index (χ1n) is 15.3. The number of nitrogens with zero attached hydrogens (tertiary/aromatic N) is 2. The van der Waals surface area contributed by atoms with Gasteiger partial charge in [0.2, 0.25) is 11.8 Å². The molecule has 0 aromatic heterocycles. The summed E-state index contributed by atoms with van der Waals surface area (Å²) in [5.74, 6) is -0.0756. The molecule has 1 N–H and O–H groups in total. The number of halogens is 1. The van der Waals surface area contributed by atoms with Gasteiger partial charge in [-0.3, -0.25) is 13.9 Å². The van der Waals surface area contributed by atoms with Crippen molar-refractivity contribution >= 4 is 43.5 Å². The van der Waals surface area contributed by atoms with E-state index in [1.165, 1.54) is 12.1 Å². The quantitative estimate of drug-likeness (QED) is 0.219. The van der Waals surface area contributed by atoms with Crippen molar-refractivity contribution < 1.29 is 22.7 Å². The largest absolute Gasteiger partial charge is 0.494 e. The van der Waals surface area contributed by atoms with Gasteiger partial charge in [0.05, 0.1) is 17.2 Å². The molecule has 0 heterocycles. The summed E-state index contributed by atoms with van der Waals surface area (Å²) >= 11 is 3.37. The number of sulfonamides is 1. The first-order valence-corrected chi connectivity index (χ1v) is 17.5. The van der Waals surface area contributed by atoms with Crippen molar-refractivity contribution in [2.45, 2.75) is 82.8 Å². The Labute approximate surface area is 270 Å². The van der Waals surface area contributed by atoms with E-state index in [4.69, 9.17) is 4.74 Å². The van der Waals surface area contributed by atoms with E-state index in [9.17, 15) is 18.0 Å². The monoisotopic (exact) mass is 683 g/mol. The Hall–Kier alpha value is -3.37. The van der Waals surface area contributed by atoms with Crippen molar-refractivity contribution in [2.75, 3.05) is 17.5 Å². The maximum Gasteiger partial charge on any atom is 0.264 e. The van der Waals surface area contributed by atoms with Crippen LogP contribution in [0, 0.1) is 6.92 Å². The highest BCUT2D eigenvalue weighted by Gasteiger charge is 2.34. The summed E-state index contributed by atoms with van der Waals surface area (Å²) in [7, 11) is -4.16. The molecule has 0 aliphatic heterocycles. The van der Waals surface area contributed by atoms with Crippen LogP contribution in [-0.2, 0) is 26.2 Å². The molecule has 0 spiro atoms. The highest BCUT2D eigenvalue weighted by molar-refractivity contribution is 9.10. The lowest BCUT2D eigenvalue weighted by Crippen LogP contribution is -2.54. The zero-order chi connectivity index (χ0) is 31.7. The van der Waals surface area contributed by atoms with E-state index in [-0.39, 0.29) is 23.4 Å². The fraction of sp³-hybridized carbons (Fsp3) is 0.412. The summed E-state index contributed by atoms with van der Waals surface area (Å²) in [5.41, 5.74) is 2.20. The van der Waals surface area contributed by atoms with Crippen LogP contribution in [0.2, 0.25) is 0 Å². The number of amides is 2. The van der Waals surface area contributed by atoms with E-state index in [0.717, 1.165) is 52.0 Å². The molecule has 1 saturated carbocycles. The normalized spacial score (nSPS) is 14.5. The first kappa shape index (κ1) is 33.5. The predicted molar refractivity (Wildman–Crippen MR) is 177 cm³/mol. The lowest BCUT2D eigenvalue weighted by atomic mass is 9.95. The second-order valence-electron chi connectivity index (χ2n) is 11.1. The third kappa shape index (κ3) is 8.41. The van der Waals surface area contributed by atoms with Crippen molar-refractivity contribution in [3.05, 3.63) is 88.4 Å². The predicted octanol–water partition coefficient (Wildman–Crippen LogP) is 6.61. The van der Waals surface area contributed by atoms with Gasteiger partial charge in [-0.1, -0.05) is 66.4 Å². The average molecular weight is 685 g/mol. The van der Waals surface area contributed by atoms with Crippen LogP contribution in [0.15, 0.2) is 82.2 Å². The summed E-state index contributed by atoms with van der Waals surface area (Å²) in [4.78, 5) is 29.7. The molecule has 10 heteroatoms. The second-order valence-corrected chi connectivity index (χ2v) is 13.9. The minimum atomic E-state index is -4.16. The third-order valence-electron chi connectivity index (χ3n) is 8.06. The number of hydrogen-bond donors (Lipinski definition) is 1. The van der Waals surface area contributed by atoms with E-state index < -0.39 is 28.5 Å². The van der Waals surface area contributed by atoms with Gasteiger partial charge in [-0.2, -0.15) is 0 Å². The molecule has 2 amide bonds. The van der Waals surface area contributed by atoms with Crippen LogP contribution in [0.4, 0.5) is 5.69 Å². The van der Waals surface area contributed by atoms with Crippen molar-refractivity contribution in [3.8, 4) is 5.75 Å². The minimum Gasteiger partial charge on any atom is -0.494 e. The SMILES string of the molecule is CCOc1ccc(N(CC(=O)N(Cc2ccccc2C)[C@H](CC)C(=O)NC2CCCCC2)S(=O)(=O)c2ccc(Br)cc2)cc1. The third-order valence-corrected chi connectivity index (χ3v) is 10.4. The molecule has 0 unspecified atom stereocenters. The van der Waals surface area contributed by atoms with E-state index in [1.807, 2.05) is 45.0 Å². The Morgan fingerprint density at radius 2 is 1.61 bits per heavy atom. The summed E-state index contributed by atoms with van der Waals surface area (Å²) in [6.07, 6.45) is 5.53. The van der Waals surface area contributed by atoms with Crippen LogP contribution in [0.1, 0.15) is 63.5 Å². The van der Waals surface area contributed by atoms with E-state index in [0.29, 0.717) is 24.5 Å². The van der Waals surface area contributed by atoms with Gasteiger partial charge < -0.3 is 15.0 Å². The summed E-state index contributed by atoms with van der Waals surface area (Å²) in [6, 6.07) is 20.0. The molecular formula is C34H42BrN3O5S. The number of carbonyl (C=O) groups excluding carboxylic acids is 2. The fourth-order valence-electron chi connectivity index (χ4n) is 5.57. The molecule has 1 aliphatic rings. The molecule has 8 nitrogen and oxygen atoms in total. The summed E-state index contributed by atoms with van der Waals surface area (Å²) < 4.78 is 35.6. The zero-order valence-corrected chi connectivity index (χ0v) is 28.1. The molecule has 0 bridgehead atoms. The highest BCUT2D eigenvalue weighted by atomic mass is 79.9. The number of aryl methyl sites for hydroxylation is 1. The number of nitrogens with one attached hydrogen (secondary N) is 1. The van der Waals surface area contributed by atoms with Gasteiger partial charge in [0.25, 0.3) is 10.0 Å². The Morgan fingerprint density at radius 1 is 0.955 bits per heavy atom. The average Bonchev–Trinajstić information content (AvgIpc) is 3.02. The number of rotatable bonds is 13. The number of ether oxygens (including phenoxy) is 1. The van der Waals surface area contributed by atoms with E-state index in [2.05, 4.69) is 21.2 Å². The molecule has 3 aromatic carbocycles. The van der Waals surface area contributed by atoms with Gasteiger partial charge in [0, 0.05) is 17.1 Å². The van der Waals surface area contributed by atoms with Crippen LogP contribution in [0.3, 0.4) is 0 Å². The van der Waals surface area contributed by atoms with Crippen molar-refractivity contribution in [1.82, 2.24) is 10.2 Å². The van der Waals surface area contributed by atoms with Gasteiger partial charge in [-0.05, 0) is 92.8 Å². The van der Waals surface area contributed by atoms with E-state index >= 15 is 0 Å². The van der Waals surface area contributed by atoms with Gasteiger partial charge in [0.15, 0.2) is 0 Å². The molecule has 1 aliphatic carbocycles. The van der Waals surface area contributed by atoms with Gasteiger partial charge in [0.1, 0.15) is 18.3 Å². The lowest BCUT2D eigenvalue weighted by Gasteiger charge is -2.34. The molecule has 44 heavy (non-hydrogen) atoms. The fourth-order valence-corrected chi connectivity index (χ4v) is 7.25. The van der Waals surface area contributed by atoms with Crippen molar-refractivity contribution in [2.24, 2.45) is 0 Å². The summed E-state index contributed by atoms with van der Waals surface area (Å²) in [6.45, 7) is 5.88. The molecule has 0 saturated heterocycles. The molecule has 0 radical (unpaired) electrons. The van der Waals surface area contributed by atoms with Crippen LogP contribution in [0.25, 0.3) is 0 Å². The van der Waals surface area contributed by atoms with Gasteiger partial charge in [-0.15, -0.1) is 0 Å². The maximum absolute atomic E-state index is 14.3. The molecular weight excluding hydrogens is 642 g/mol. The van der Waals surface area contributed by atoms with Crippen molar-refractivity contribution in [1.29, 1.82) is 0 Å². The van der Waals surface area contributed by atoms with Crippen molar-refractivity contribution in [3.63, 3.8) is 0 Å². The van der Waals surface area contributed by atoms with Gasteiger partial charge >= 0.3 is 0 Å². The second kappa shape index (κ2) is 15.6. The topological polar surface area (TPSA) is 96.0 Å². The Morgan fingerprint density at radius 3 is 2.23 bits per heavy atom. The zero-order valence-electron chi connectivity index (χ0n) is 25.7. The number of carbonyl (C=O) groups is 2. The highest BCUT2D eigenvalue weighted by Crippen LogP contribution is 2.28. The Bertz CT molecular complexity index is 1510. The van der Waals surface area contributed by atoms with Crippen LogP contribution in [0.5, 0.6) is 5.75 Å². The first-order chi connectivity index (χ1) is 21.1. The molecule has 3 aromatic rings. The number of anilines is 1. The molecule has 1 atom stereocenters. The van der Waals surface area contributed by atoms with E-state index in [1.54, 1.807) is 41.3 Å². The number of hydrogen-bond acceptors (Lipinski definition) is 5. The van der Waals surface area contributed by atoms with Crippen LogP contribution >= 0.6 is 15.9 Å². The van der Waals surface area contributed by atoms with Gasteiger partial charge in [-0.25, -0.2) is 8.42 Å². The van der Waals surface area contributed by atoms with Crippen LogP contribution in [-0.4, -0.2) is 50.4 Å². The maximum atomic E-state index is 14.3. The number of benzene rings is 3. The smallest absolute Gasteiger partial charge is 0.264 e. The van der Waals surface area contributed by atoms with Crippen LogP contribution < -0.4 is 14.4 Å².